The molecule has 3 aromatic rings. The number of nitrogens with two attached hydrogens (primary N) is 1. The number of nitrogens with zero attached hydrogens (tertiary/aromatic N) is 1. The van der Waals surface area contributed by atoms with E-state index in [0.717, 1.165) is 11.3 Å². The number of hydrogen-bond donors (Lipinski definition) is 5. The van der Waals surface area contributed by atoms with Crippen molar-refractivity contribution in [3.8, 4) is 17.4 Å². The molecule has 0 fully saturated rings. The zero-order valence-corrected chi connectivity index (χ0v) is 27.0. The van der Waals surface area contributed by atoms with Gasteiger partial charge in [-0.2, -0.15) is 9.37 Å². The Morgan fingerprint density at radius 3 is 1.81 bits per heavy atom. The molecule has 2 aromatic carbocycles. The fourth-order valence-corrected chi connectivity index (χ4v) is 3.21. The highest BCUT2D eigenvalue weighted by Crippen LogP contribution is 2.19. The van der Waals surface area contributed by atoms with Crippen molar-refractivity contribution in [1.82, 2.24) is 9.97 Å². The van der Waals surface area contributed by atoms with Gasteiger partial charge < -0.3 is 44.6 Å². The molecule has 15 nitrogen and oxygen atoms in total. The van der Waals surface area contributed by atoms with Crippen molar-refractivity contribution in [2.45, 2.75) is 26.4 Å². The van der Waals surface area contributed by atoms with Crippen molar-refractivity contribution >= 4 is 29.4 Å². The topological polar surface area (TPSA) is 217 Å². The number of aromatic hydroxyl groups is 1. The van der Waals surface area contributed by atoms with Crippen LogP contribution in [-0.4, -0.2) is 92.9 Å². The van der Waals surface area contributed by atoms with E-state index in [-0.39, 0.29) is 25.0 Å². The number of esters is 2. The fourth-order valence-electron chi connectivity index (χ4n) is 3.21. The summed E-state index contributed by atoms with van der Waals surface area (Å²) in [6.07, 6.45) is -1.83. The number of methoxy groups -OCH3 is 2. The van der Waals surface area contributed by atoms with Crippen LogP contribution in [0.3, 0.4) is 0 Å². The molecule has 0 spiro atoms. The highest BCUT2D eigenvalue weighted by atomic mass is 19.1. The number of carbonyl (C=O) groups excluding carboxylic acids is 2. The maximum absolute atomic E-state index is 12.9. The molecule has 0 aliphatic heterocycles. The molecule has 0 unspecified atom stereocenters. The first-order valence-corrected chi connectivity index (χ1v) is 14.4. The molecule has 264 valence electrons. The van der Waals surface area contributed by atoms with Gasteiger partial charge in [-0.15, -0.1) is 0 Å². The van der Waals surface area contributed by atoms with Gasteiger partial charge >= 0.3 is 11.9 Å². The second-order valence-corrected chi connectivity index (χ2v) is 9.10. The summed E-state index contributed by atoms with van der Waals surface area (Å²) >= 11 is 0. The lowest BCUT2D eigenvalue weighted by atomic mass is 10.1. The number of carbonyl (C=O) groups is 2. The smallest absolute Gasteiger partial charge is 0.352 e. The maximum Gasteiger partial charge on any atom is 0.352 e. The van der Waals surface area contributed by atoms with Crippen LogP contribution in [0.15, 0.2) is 53.3 Å². The molecular formula is C31H41F2N5O10. The van der Waals surface area contributed by atoms with Crippen LogP contribution in [0.5, 0.6) is 17.4 Å². The minimum absolute atomic E-state index is 0.0403. The summed E-state index contributed by atoms with van der Waals surface area (Å²) in [5.74, 6) is -3.11. The lowest BCUT2D eigenvalue weighted by Crippen LogP contribution is -2.29. The molecule has 0 atom stereocenters. The summed E-state index contributed by atoms with van der Waals surface area (Å²) in [4.78, 5) is 37.9. The van der Waals surface area contributed by atoms with Crippen LogP contribution < -0.4 is 26.1 Å². The molecular weight excluding hydrogens is 640 g/mol. The first-order valence-electron chi connectivity index (χ1n) is 14.4. The molecule has 0 amide bonds. The highest BCUT2D eigenvalue weighted by Gasteiger charge is 2.28. The van der Waals surface area contributed by atoms with Gasteiger partial charge in [-0.3, -0.25) is 15.2 Å². The lowest BCUT2D eigenvalue weighted by molar-refractivity contribution is -0.162. The predicted molar refractivity (Wildman–Crippen MR) is 171 cm³/mol. The Morgan fingerprint density at radius 1 is 0.917 bits per heavy atom. The van der Waals surface area contributed by atoms with Gasteiger partial charge in [0.15, 0.2) is 0 Å². The first-order chi connectivity index (χ1) is 22.9. The van der Waals surface area contributed by atoms with Gasteiger partial charge in [0.1, 0.15) is 24.7 Å². The standard InChI is InChI=1S/C13H14FN3O4.C11H16N2O2.C7H11FO4/c1-20-6-7-21-9-4-2-8(3-5-9)15-13-16-11(18)10(14)12(19)17-13;1-14-6-7-15-10-4-2-9(3-5-10)8-11(12)13;1-3-11-6(9)5(8)7(10)12-4-2/h2-5H,6-7H2,1H3,(H3,15,16,17,18,19);2-5H,6-8H2,1H3,(H3,12,13);5H,3-4H2,1-2H3. The summed E-state index contributed by atoms with van der Waals surface area (Å²) in [6, 6.07) is 14.3. The summed E-state index contributed by atoms with van der Waals surface area (Å²) in [7, 11) is 3.22. The molecule has 0 saturated carbocycles. The monoisotopic (exact) mass is 681 g/mol. The van der Waals surface area contributed by atoms with E-state index in [9.17, 15) is 23.2 Å². The van der Waals surface area contributed by atoms with Gasteiger partial charge in [0.25, 0.3) is 17.6 Å². The minimum atomic E-state index is -2.31. The zero-order valence-electron chi connectivity index (χ0n) is 27.0. The Morgan fingerprint density at radius 2 is 1.40 bits per heavy atom. The van der Waals surface area contributed by atoms with Crippen LogP contribution in [0.2, 0.25) is 0 Å². The number of anilines is 2. The Kier molecular flexibility index (Phi) is 19.6. The quantitative estimate of drug-likeness (QED) is 0.0484. The number of rotatable bonds is 16. The van der Waals surface area contributed by atoms with E-state index in [2.05, 4.69) is 24.8 Å². The Hall–Kier alpha value is -5.29. The molecule has 0 aliphatic rings. The van der Waals surface area contributed by atoms with E-state index in [0.29, 0.717) is 44.3 Å². The van der Waals surface area contributed by atoms with Gasteiger partial charge in [-0.1, -0.05) is 12.1 Å². The van der Waals surface area contributed by atoms with E-state index in [1.54, 1.807) is 38.5 Å². The maximum atomic E-state index is 12.9. The second-order valence-electron chi connectivity index (χ2n) is 9.10. The normalized spacial score (nSPS) is 10.1. The first kappa shape index (κ1) is 40.7. The van der Waals surface area contributed by atoms with Crippen molar-refractivity contribution in [1.29, 1.82) is 5.41 Å². The Bertz CT molecular complexity index is 1440. The van der Waals surface area contributed by atoms with Gasteiger partial charge in [-0.25, -0.2) is 14.0 Å². The van der Waals surface area contributed by atoms with E-state index in [4.69, 9.17) is 35.2 Å². The van der Waals surface area contributed by atoms with Gasteiger partial charge in [0.05, 0.1) is 32.3 Å². The zero-order chi connectivity index (χ0) is 35.9. The number of alkyl halides is 1. The van der Waals surface area contributed by atoms with E-state index in [1.807, 2.05) is 24.3 Å². The molecule has 0 aliphatic carbocycles. The second kappa shape index (κ2) is 23.1. The molecule has 0 bridgehead atoms. The average molecular weight is 682 g/mol. The van der Waals surface area contributed by atoms with Gasteiger partial charge in [0.2, 0.25) is 11.8 Å². The van der Waals surface area contributed by atoms with E-state index >= 15 is 0 Å². The average Bonchev–Trinajstić information content (AvgIpc) is 3.06. The Labute approximate surface area is 275 Å². The number of amidine groups is 1. The molecule has 3 rings (SSSR count). The SMILES string of the molecule is CCOC(=O)C(F)C(=O)OCC.COCCOc1ccc(CC(=N)N)cc1.COCCOc1ccc(Nc2nc(O)c(F)c(=O)[nH]2)cc1. The fraction of sp³-hybridized carbons (Fsp3) is 0.387. The van der Waals surface area contributed by atoms with Gasteiger partial charge in [0, 0.05) is 26.3 Å². The number of aromatic nitrogens is 2. The number of benzene rings is 2. The number of halogens is 2. The van der Waals surface area contributed by atoms with Crippen LogP contribution in [0.4, 0.5) is 20.4 Å². The van der Waals surface area contributed by atoms with Crippen LogP contribution in [0, 0.1) is 11.2 Å². The van der Waals surface area contributed by atoms with Crippen LogP contribution in [0.1, 0.15) is 19.4 Å². The summed E-state index contributed by atoms with van der Waals surface area (Å²) < 4.78 is 54.6. The third-order valence-corrected chi connectivity index (χ3v) is 5.38. The lowest BCUT2D eigenvalue weighted by Gasteiger charge is -2.08. The van der Waals surface area contributed by atoms with Crippen LogP contribution in [-0.2, 0) is 35.0 Å². The van der Waals surface area contributed by atoms with Crippen molar-refractivity contribution in [2.75, 3.05) is 59.2 Å². The molecule has 6 N–H and O–H groups in total. The van der Waals surface area contributed by atoms with Crippen molar-refractivity contribution in [2.24, 2.45) is 5.73 Å². The van der Waals surface area contributed by atoms with Gasteiger partial charge in [-0.05, 0) is 55.8 Å². The Balaban J connectivity index is 0.000000378. The molecule has 17 heteroatoms. The summed E-state index contributed by atoms with van der Waals surface area (Å²) in [6.45, 7) is 5.17. The van der Waals surface area contributed by atoms with Crippen LogP contribution >= 0.6 is 0 Å². The minimum Gasteiger partial charge on any atom is -0.491 e. The highest BCUT2D eigenvalue weighted by molar-refractivity contribution is 5.97. The predicted octanol–water partition coefficient (Wildman–Crippen LogP) is 3.02. The molecule has 0 radical (unpaired) electrons. The molecule has 0 saturated heterocycles. The molecule has 1 aromatic heterocycles. The largest absolute Gasteiger partial charge is 0.491 e. The molecule has 1 heterocycles. The van der Waals surface area contributed by atoms with E-state index in [1.165, 1.54) is 13.8 Å². The summed E-state index contributed by atoms with van der Waals surface area (Å²) in [5.41, 5.74) is 5.85. The number of aromatic amines is 1. The third kappa shape index (κ3) is 16.3. The van der Waals surface area contributed by atoms with Crippen molar-refractivity contribution in [3.05, 3.63) is 70.3 Å². The van der Waals surface area contributed by atoms with Crippen LogP contribution in [0.25, 0.3) is 0 Å². The number of ether oxygens (including phenoxy) is 6. The third-order valence-electron chi connectivity index (χ3n) is 5.38. The number of nitrogens with one attached hydrogen (secondary N) is 3. The summed E-state index contributed by atoms with van der Waals surface area (Å²) in [5, 5.41) is 19.0. The van der Waals surface area contributed by atoms with E-state index < -0.39 is 35.4 Å². The molecule has 48 heavy (non-hydrogen) atoms. The van der Waals surface area contributed by atoms with Crippen molar-refractivity contribution in [3.63, 3.8) is 0 Å². The number of H-pyrrole nitrogens is 1. The van der Waals surface area contributed by atoms with Crippen molar-refractivity contribution < 1.29 is 51.9 Å². The number of hydrogen-bond acceptors (Lipinski definition) is 13.